The number of anilines is 1. The van der Waals surface area contributed by atoms with Crippen molar-refractivity contribution in [3.63, 3.8) is 0 Å². The zero-order chi connectivity index (χ0) is 19.7. The summed E-state index contributed by atoms with van der Waals surface area (Å²) in [5, 5.41) is 1.07. The van der Waals surface area contributed by atoms with Gasteiger partial charge in [-0.2, -0.15) is 15.0 Å². The first-order valence-corrected chi connectivity index (χ1v) is 9.12. The first-order chi connectivity index (χ1) is 13.5. The molecule has 0 aliphatic heterocycles. The molecule has 0 amide bonds. The second-order valence-corrected chi connectivity index (χ2v) is 6.72. The van der Waals surface area contributed by atoms with Crippen LogP contribution in [0.15, 0.2) is 54.6 Å². The fourth-order valence-electron chi connectivity index (χ4n) is 3.25. The Kier molecular flexibility index (Phi) is 4.61. The number of aromatic nitrogens is 4. The molecule has 4 rings (SSSR count). The molecule has 6 nitrogen and oxygen atoms in total. The topological polar surface area (TPSA) is 86.8 Å². The molecule has 4 aromatic rings. The predicted octanol–water partition coefficient (Wildman–Crippen LogP) is 4.43. The number of hydrogen-bond acceptors (Lipinski definition) is 6. The van der Waals surface area contributed by atoms with Gasteiger partial charge < -0.3 is 10.5 Å². The SMILES string of the molecule is Cc1nc(N)nc(OC(C)c2cc3cccc(C)c3nc2-c2ccccc2)n1. The van der Waals surface area contributed by atoms with Gasteiger partial charge in [0.25, 0.3) is 0 Å². The van der Waals surface area contributed by atoms with E-state index >= 15 is 0 Å². The molecule has 0 aliphatic carbocycles. The Morgan fingerprint density at radius 1 is 0.893 bits per heavy atom. The summed E-state index contributed by atoms with van der Waals surface area (Å²) in [6.07, 6.45) is -0.325. The maximum Gasteiger partial charge on any atom is 0.322 e. The molecule has 2 N–H and O–H groups in total. The van der Waals surface area contributed by atoms with Crippen LogP contribution in [0.25, 0.3) is 22.2 Å². The van der Waals surface area contributed by atoms with E-state index in [9.17, 15) is 0 Å². The van der Waals surface area contributed by atoms with Gasteiger partial charge in [0.05, 0.1) is 11.2 Å². The second-order valence-electron chi connectivity index (χ2n) is 6.72. The summed E-state index contributed by atoms with van der Waals surface area (Å²) >= 11 is 0. The average Bonchev–Trinajstić information content (AvgIpc) is 2.67. The smallest absolute Gasteiger partial charge is 0.322 e. The molecule has 0 aliphatic rings. The molecule has 2 aromatic carbocycles. The Bertz CT molecular complexity index is 1120. The Hall–Kier alpha value is -3.54. The average molecular weight is 371 g/mol. The molecule has 0 spiro atoms. The van der Waals surface area contributed by atoms with Crippen molar-refractivity contribution in [2.24, 2.45) is 0 Å². The summed E-state index contributed by atoms with van der Waals surface area (Å²) in [7, 11) is 0. The summed E-state index contributed by atoms with van der Waals surface area (Å²) in [6.45, 7) is 5.78. The summed E-state index contributed by atoms with van der Waals surface area (Å²) in [4.78, 5) is 17.3. The Balaban J connectivity index is 1.84. The molecule has 1 unspecified atom stereocenters. The highest BCUT2D eigenvalue weighted by atomic mass is 16.5. The zero-order valence-corrected chi connectivity index (χ0v) is 16.0. The van der Waals surface area contributed by atoms with Crippen molar-refractivity contribution in [3.05, 3.63) is 71.5 Å². The van der Waals surface area contributed by atoms with E-state index in [1.807, 2.05) is 43.3 Å². The number of fused-ring (bicyclic) bond motifs is 1. The van der Waals surface area contributed by atoms with Gasteiger partial charge in [-0.15, -0.1) is 0 Å². The highest BCUT2D eigenvalue weighted by Crippen LogP contribution is 2.32. The van der Waals surface area contributed by atoms with Crippen LogP contribution in [0, 0.1) is 13.8 Å². The quantitative estimate of drug-likeness (QED) is 0.571. The molecule has 28 heavy (non-hydrogen) atoms. The van der Waals surface area contributed by atoms with Crippen molar-refractivity contribution in [3.8, 4) is 17.3 Å². The van der Waals surface area contributed by atoms with Crippen LogP contribution < -0.4 is 10.5 Å². The molecule has 0 radical (unpaired) electrons. The normalized spacial score (nSPS) is 12.1. The largest absolute Gasteiger partial charge is 0.455 e. The van der Waals surface area contributed by atoms with E-state index in [2.05, 4.69) is 40.1 Å². The van der Waals surface area contributed by atoms with Gasteiger partial charge in [-0.25, -0.2) is 4.98 Å². The highest BCUT2D eigenvalue weighted by Gasteiger charge is 2.18. The van der Waals surface area contributed by atoms with Crippen molar-refractivity contribution in [2.45, 2.75) is 26.9 Å². The molecule has 0 bridgehead atoms. The van der Waals surface area contributed by atoms with E-state index in [0.29, 0.717) is 5.82 Å². The standard InChI is InChI=1S/C22H21N5O/c1-13-8-7-11-17-12-18(14(2)28-22-25-15(3)24-21(23)27-22)20(26-19(13)17)16-9-5-4-6-10-16/h4-12,14H,1-3H3,(H2,23,24,25,27). The van der Waals surface area contributed by atoms with Crippen LogP contribution in [0.1, 0.15) is 30.0 Å². The number of rotatable bonds is 4. The number of nitrogens with two attached hydrogens (primary N) is 1. The van der Waals surface area contributed by atoms with Crippen LogP contribution in [-0.2, 0) is 0 Å². The number of para-hydroxylation sites is 1. The summed E-state index contributed by atoms with van der Waals surface area (Å²) in [5.41, 5.74) is 10.7. The van der Waals surface area contributed by atoms with Crippen LogP contribution in [0.3, 0.4) is 0 Å². The molecule has 1 atom stereocenters. The van der Waals surface area contributed by atoms with Crippen molar-refractivity contribution in [1.82, 2.24) is 19.9 Å². The molecule has 2 aromatic heterocycles. The van der Waals surface area contributed by atoms with Crippen molar-refractivity contribution < 1.29 is 4.74 Å². The Morgan fingerprint density at radius 2 is 1.68 bits per heavy atom. The lowest BCUT2D eigenvalue weighted by molar-refractivity contribution is 0.207. The Morgan fingerprint density at radius 3 is 2.43 bits per heavy atom. The molecular formula is C22H21N5O. The van der Waals surface area contributed by atoms with Crippen LogP contribution in [0.4, 0.5) is 5.95 Å². The zero-order valence-electron chi connectivity index (χ0n) is 16.0. The van der Waals surface area contributed by atoms with Crippen LogP contribution in [0.5, 0.6) is 6.01 Å². The summed E-state index contributed by atoms with van der Waals surface area (Å²) in [6, 6.07) is 18.6. The third-order valence-electron chi connectivity index (χ3n) is 4.59. The maximum atomic E-state index is 6.02. The van der Waals surface area contributed by atoms with E-state index in [4.69, 9.17) is 15.5 Å². The summed E-state index contributed by atoms with van der Waals surface area (Å²) in [5.74, 6) is 0.662. The maximum absolute atomic E-state index is 6.02. The van der Waals surface area contributed by atoms with Crippen LogP contribution >= 0.6 is 0 Å². The third kappa shape index (κ3) is 3.49. The number of hydrogen-bond donors (Lipinski definition) is 1. The molecule has 0 saturated heterocycles. The van der Waals surface area contributed by atoms with Gasteiger partial charge in [-0.05, 0) is 32.4 Å². The first-order valence-electron chi connectivity index (χ1n) is 9.12. The number of aryl methyl sites for hydroxylation is 2. The van der Waals surface area contributed by atoms with E-state index in [1.165, 1.54) is 0 Å². The van der Waals surface area contributed by atoms with Gasteiger partial charge in [0, 0.05) is 16.5 Å². The third-order valence-corrected chi connectivity index (χ3v) is 4.59. The van der Waals surface area contributed by atoms with E-state index in [1.54, 1.807) is 6.92 Å². The van der Waals surface area contributed by atoms with Gasteiger partial charge in [0.2, 0.25) is 5.95 Å². The van der Waals surface area contributed by atoms with Crippen LogP contribution in [-0.4, -0.2) is 19.9 Å². The Labute approximate surface area is 163 Å². The van der Waals surface area contributed by atoms with Crippen LogP contribution in [0.2, 0.25) is 0 Å². The lowest BCUT2D eigenvalue weighted by atomic mass is 9.99. The minimum Gasteiger partial charge on any atom is -0.455 e. The number of ether oxygens (including phenoxy) is 1. The van der Waals surface area contributed by atoms with E-state index < -0.39 is 0 Å². The minimum absolute atomic E-state index is 0.144. The summed E-state index contributed by atoms with van der Waals surface area (Å²) < 4.78 is 6.02. The molecule has 0 saturated carbocycles. The van der Waals surface area contributed by atoms with Crippen molar-refractivity contribution in [2.75, 3.05) is 5.73 Å². The predicted molar refractivity (Wildman–Crippen MR) is 110 cm³/mol. The number of nitrogen functional groups attached to an aromatic ring is 1. The number of benzene rings is 2. The fraction of sp³-hybridized carbons (Fsp3) is 0.182. The monoisotopic (exact) mass is 371 g/mol. The minimum atomic E-state index is -0.325. The highest BCUT2D eigenvalue weighted by molar-refractivity contribution is 5.86. The van der Waals surface area contributed by atoms with E-state index in [-0.39, 0.29) is 18.1 Å². The van der Waals surface area contributed by atoms with Gasteiger partial charge >= 0.3 is 6.01 Å². The van der Waals surface area contributed by atoms with E-state index in [0.717, 1.165) is 33.3 Å². The van der Waals surface area contributed by atoms with Gasteiger partial charge in [0.15, 0.2) is 0 Å². The number of nitrogens with zero attached hydrogens (tertiary/aromatic N) is 4. The molecule has 6 heteroatoms. The molecular weight excluding hydrogens is 350 g/mol. The fourth-order valence-corrected chi connectivity index (χ4v) is 3.25. The van der Waals surface area contributed by atoms with Crippen molar-refractivity contribution >= 4 is 16.9 Å². The molecule has 0 fully saturated rings. The molecule has 2 heterocycles. The molecule has 140 valence electrons. The van der Waals surface area contributed by atoms with Crippen molar-refractivity contribution in [1.29, 1.82) is 0 Å². The number of pyridine rings is 1. The van der Waals surface area contributed by atoms with Gasteiger partial charge in [-0.3, -0.25) is 0 Å². The lowest BCUT2D eigenvalue weighted by Gasteiger charge is -2.18. The second kappa shape index (κ2) is 7.23. The van der Waals surface area contributed by atoms with Gasteiger partial charge in [-0.1, -0.05) is 48.5 Å². The first kappa shape index (κ1) is 17.9. The lowest BCUT2D eigenvalue weighted by Crippen LogP contribution is -2.11. The van der Waals surface area contributed by atoms with Gasteiger partial charge in [0.1, 0.15) is 11.9 Å².